The third kappa shape index (κ3) is 4.99. The number of carbonyl (C=O) groups excluding carboxylic acids is 2. The molecule has 0 aromatic carbocycles. The maximum atomic E-state index is 11.4. The van der Waals surface area contributed by atoms with Crippen LogP contribution < -0.4 is 16.4 Å². The number of nitriles is 1. The molecule has 0 aliphatic rings. The molecule has 0 saturated carbocycles. The summed E-state index contributed by atoms with van der Waals surface area (Å²) in [6.45, 7) is 3.23. The summed E-state index contributed by atoms with van der Waals surface area (Å²) in [7, 11) is 0. The van der Waals surface area contributed by atoms with E-state index in [1.807, 2.05) is 6.92 Å². The van der Waals surface area contributed by atoms with Gasteiger partial charge in [0.2, 0.25) is 0 Å². The molecule has 0 aliphatic carbocycles. The number of nitrogens with zero attached hydrogens (tertiary/aromatic N) is 1. The number of urea groups is 1. The third-order valence-electron chi connectivity index (χ3n) is 2.08. The first-order valence-corrected chi connectivity index (χ1v) is 5.05. The lowest BCUT2D eigenvalue weighted by Crippen LogP contribution is -2.38. The number of nitrogens with one attached hydrogen (secondary N) is 2. The lowest BCUT2D eigenvalue weighted by Gasteiger charge is -2.16. The molecule has 5 N–H and O–H groups in total. The van der Waals surface area contributed by atoms with Crippen LogP contribution in [-0.4, -0.2) is 29.7 Å². The second kappa shape index (κ2) is 7.24. The van der Waals surface area contributed by atoms with Gasteiger partial charge in [0.25, 0.3) is 5.91 Å². The Morgan fingerprint density at radius 1 is 1.53 bits per heavy atom. The smallest absolute Gasteiger partial charge is 0.319 e. The predicted octanol–water partition coefficient (Wildman–Crippen LogP) is -0.661. The van der Waals surface area contributed by atoms with Gasteiger partial charge in [0.05, 0.1) is 6.61 Å². The first kappa shape index (κ1) is 14.9. The standard InChI is InChI=1S/C10H16N4O3/c1-3-7(5-15)13-6(2)8(4-11)9(16)14-10(12)17/h7,13,15H,3,5H2,1-2H3,(H3,12,14,16,17)/b8-6+/t7-/m0/s1. The summed E-state index contributed by atoms with van der Waals surface area (Å²) in [5.74, 6) is -0.863. The lowest BCUT2D eigenvalue weighted by atomic mass is 10.1. The Bertz CT molecular complexity index is 366. The van der Waals surface area contributed by atoms with Crippen molar-refractivity contribution < 1.29 is 14.7 Å². The number of allylic oxidation sites excluding steroid dienone is 1. The van der Waals surface area contributed by atoms with E-state index in [1.165, 1.54) is 6.92 Å². The second-order valence-corrected chi connectivity index (χ2v) is 3.36. The van der Waals surface area contributed by atoms with Crippen LogP contribution in [0.5, 0.6) is 0 Å². The summed E-state index contributed by atoms with van der Waals surface area (Å²) < 4.78 is 0. The van der Waals surface area contributed by atoms with Crippen LogP contribution in [0.3, 0.4) is 0 Å². The number of amides is 3. The van der Waals surface area contributed by atoms with E-state index in [2.05, 4.69) is 5.32 Å². The number of aliphatic hydroxyl groups is 1. The van der Waals surface area contributed by atoms with Crippen LogP contribution in [0.15, 0.2) is 11.3 Å². The number of hydrogen-bond acceptors (Lipinski definition) is 5. The Kier molecular flexibility index (Phi) is 6.36. The first-order valence-electron chi connectivity index (χ1n) is 5.05. The molecule has 0 bridgehead atoms. The Labute approximate surface area is 99.3 Å². The molecular formula is C10H16N4O3. The van der Waals surface area contributed by atoms with Crippen molar-refractivity contribution in [1.82, 2.24) is 10.6 Å². The van der Waals surface area contributed by atoms with Gasteiger partial charge in [-0.2, -0.15) is 5.26 Å². The zero-order chi connectivity index (χ0) is 13.4. The summed E-state index contributed by atoms with van der Waals surface area (Å²) in [6.07, 6.45) is 0.629. The van der Waals surface area contributed by atoms with Gasteiger partial charge in [-0.3, -0.25) is 10.1 Å². The summed E-state index contributed by atoms with van der Waals surface area (Å²) >= 11 is 0. The van der Waals surface area contributed by atoms with Gasteiger partial charge in [0.15, 0.2) is 0 Å². The van der Waals surface area contributed by atoms with Crippen molar-refractivity contribution in [3.05, 3.63) is 11.3 Å². The van der Waals surface area contributed by atoms with Crippen molar-refractivity contribution in [3.63, 3.8) is 0 Å². The Hall–Kier alpha value is -2.07. The highest BCUT2D eigenvalue weighted by Gasteiger charge is 2.15. The highest BCUT2D eigenvalue weighted by atomic mass is 16.3. The molecule has 0 aromatic rings. The van der Waals surface area contributed by atoms with Crippen molar-refractivity contribution in [2.24, 2.45) is 5.73 Å². The number of aliphatic hydroxyl groups excluding tert-OH is 1. The SMILES string of the molecule is CC[C@@H](CO)N/C(C)=C(\C#N)C(=O)NC(N)=O. The molecule has 0 unspecified atom stereocenters. The minimum atomic E-state index is -1.02. The molecule has 0 rings (SSSR count). The van der Waals surface area contributed by atoms with Crippen LogP contribution in [0.25, 0.3) is 0 Å². The zero-order valence-corrected chi connectivity index (χ0v) is 9.78. The number of imide groups is 1. The maximum Gasteiger partial charge on any atom is 0.319 e. The van der Waals surface area contributed by atoms with Crippen LogP contribution in [0.2, 0.25) is 0 Å². The van der Waals surface area contributed by atoms with Crippen LogP contribution >= 0.6 is 0 Å². The first-order chi connectivity index (χ1) is 7.96. The summed E-state index contributed by atoms with van der Waals surface area (Å²) in [6, 6.07) is 0.403. The second-order valence-electron chi connectivity index (χ2n) is 3.36. The van der Waals surface area contributed by atoms with Gasteiger partial charge in [-0.15, -0.1) is 0 Å². The van der Waals surface area contributed by atoms with Crippen LogP contribution in [0, 0.1) is 11.3 Å². The van der Waals surface area contributed by atoms with Gasteiger partial charge in [-0.1, -0.05) is 6.92 Å². The molecule has 0 aliphatic heterocycles. The predicted molar refractivity (Wildman–Crippen MR) is 60.3 cm³/mol. The fraction of sp³-hybridized carbons (Fsp3) is 0.500. The molecule has 7 nitrogen and oxygen atoms in total. The Morgan fingerprint density at radius 2 is 2.12 bits per heavy atom. The highest BCUT2D eigenvalue weighted by Crippen LogP contribution is 2.03. The molecule has 3 amide bonds. The topological polar surface area (TPSA) is 128 Å². The van der Waals surface area contributed by atoms with Gasteiger partial charge >= 0.3 is 6.03 Å². The average Bonchev–Trinajstić information content (AvgIpc) is 2.25. The fourth-order valence-corrected chi connectivity index (χ4v) is 1.13. The number of rotatable bonds is 5. The van der Waals surface area contributed by atoms with Crippen molar-refractivity contribution >= 4 is 11.9 Å². The largest absolute Gasteiger partial charge is 0.394 e. The quantitative estimate of drug-likeness (QED) is 0.374. The van der Waals surface area contributed by atoms with E-state index in [-0.39, 0.29) is 23.9 Å². The zero-order valence-electron chi connectivity index (χ0n) is 9.78. The normalized spacial score (nSPS) is 13.1. The van der Waals surface area contributed by atoms with Gasteiger partial charge in [0, 0.05) is 11.7 Å². The van der Waals surface area contributed by atoms with Crippen molar-refractivity contribution in [3.8, 4) is 6.07 Å². The molecule has 94 valence electrons. The summed E-state index contributed by atoms with van der Waals surface area (Å²) in [5.41, 5.74) is 4.82. The van der Waals surface area contributed by atoms with Gasteiger partial charge in [-0.05, 0) is 13.3 Å². The van der Waals surface area contributed by atoms with E-state index in [1.54, 1.807) is 11.4 Å². The van der Waals surface area contributed by atoms with E-state index in [4.69, 9.17) is 16.1 Å². The number of nitrogens with two attached hydrogens (primary N) is 1. The van der Waals surface area contributed by atoms with E-state index in [0.29, 0.717) is 6.42 Å². The van der Waals surface area contributed by atoms with E-state index < -0.39 is 11.9 Å². The molecule has 17 heavy (non-hydrogen) atoms. The molecule has 0 fully saturated rings. The number of hydrogen-bond donors (Lipinski definition) is 4. The van der Waals surface area contributed by atoms with Gasteiger partial charge in [-0.25, -0.2) is 4.79 Å². The molecule has 1 atom stereocenters. The molecule has 0 aromatic heterocycles. The molecule has 0 radical (unpaired) electrons. The Morgan fingerprint density at radius 3 is 2.47 bits per heavy atom. The van der Waals surface area contributed by atoms with E-state index in [9.17, 15) is 9.59 Å². The van der Waals surface area contributed by atoms with Gasteiger partial charge < -0.3 is 16.2 Å². The van der Waals surface area contributed by atoms with Crippen LogP contribution in [0.4, 0.5) is 4.79 Å². The highest BCUT2D eigenvalue weighted by molar-refractivity contribution is 6.06. The van der Waals surface area contributed by atoms with Crippen LogP contribution in [0.1, 0.15) is 20.3 Å². The molecule has 0 spiro atoms. The van der Waals surface area contributed by atoms with Gasteiger partial charge in [0.1, 0.15) is 11.6 Å². The molecule has 7 heteroatoms. The third-order valence-corrected chi connectivity index (χ3v) is 2.08. The maximum absolute atomic E-state index is 11.4. The fourth-order valence-electron chi connectivity index (χ4n) is 1.13. The monoisotopic (exact) mass is 240 g/mol. The molecular weight excluding hydrogens is 224 g/mol. The molecule has 0 saturated heterocycles. The van der Waals surface area contributed by atoms with Crippen molar-refractivity contribution in [1.29, 1.82) is 5.26 Å². The number of primary amides is 1. The lowest BCUT2D eigenvalue weighted by molar-refractivity contribution is -0.116. The minimum Gasteiger partial charge on any atom is -0.394 e. The van der Waals surface area contributed by atoms with Crippen molar-refractivity contribution in [2.75, 3.05) is 6.61 Å². The Balaban J connectivity index is 4.88. The van der Waals surface area contributed by atoms with E-state index >= 15 is 0 Å². The minimum absolute atomic E-state index is 0.121. The number of carbonyl (C=O) groups is 2. The van der Waals surface area contributed by atoms with E-state index in [0.717, 1.165) is 0 Å². The summed E-state index contributed by atoms with van der Waals surface area (Å²) in [5, 5.41) is 22.4. The molecule has 0 heterocycles. The average molecular weight is 240 g/mol. The summed E-state index contributed by atoms with van der Waals surface area (Å²) in [4.78, 5) is 21.9. The van der Waals surface area contributed by atoms with Crippen molar-refractivity contribution in [2.45, 2.75) is 26.3 Å². The van der Waals surface area contributed by atoms with Crippen LogP contribution in [-0.2, 0) is 4.79 Å².